The molecule has 0 aromatic heterocycles. The largest absolute Gasteiger partial charge is 0.500 e. The molecular weight excluding hydrogens is 238 g/mol. The first kappa shape index (κ1) is 15.0. The van der Waals surface area contributed by atoms with Gasteiger partial charge in [-0.25, -0.2) is 0 Å². The molecule has 0 aliphatic heterocycles. The van der Waals surface area contributed by atoms with Gasteiger partial charge in [-0.2, -0.15) is 0 Å². The maximum atomic E-state index is 5.95. The average molecular weight is 263 g/mol. The van der Waals surface area contributed by atoms with Crippen LogP contribution in [-0.2, 0) is 13.3 Å². The van der Waals surface area contributed by atoms with Crippen molar-refractivity contribution in [2.75, 3.05) is 27.9 Å². The third-order valence-corrected chi connectivity index (χ3v) is 6.11. The Morgan fingerprint density at radius 3 is 2.12 bits per heavy atom. The van der Waals surface area contributed by atoms with Crippen molar-refractivity contribution in [3.63, 3.8) is 0 Å². The highest BCUT2D eigenvalue weighted by Gasteiger charge is 2.40. The molecule has 0 amide bonds. The van der Waals surface area contributed by atoms with Gasteiger partial charge in [-0.3, -0.25) is 5.32 Å². The van der Waals surface area contributed by atoms with Gasteiger partial charge in [0.2, 0.25) is 0 Å². The predicted molar refractivity (Wildman–Crippen MR) is 68.0 cm³/mol. The molecule has 1 saturated carbocycles. The zero-order valence-corrected chi connectivity index (χ0v) is 12.0. The van der Waals surface area contributed by atoms with Crippen LogP contribution in [0.25, 0.3) is 0 Å². The highest BCUT2D eigenvalue weighted by molar-refractivity contribution is 6.60. The monoisotopic (exact) mass is 263 g/mol. The van der Waals surface area contributed by atoms with E-state index in [9.17, 15) is 0 Å². The Morgan fingerprint density at radius 1 is 1.18 bits per heavy atom. The summed E-state index contributed by atoms with van der Waals surface area (Å²) in [6, 6.07) is 0.754. The lowest BCUT2D eigenvalue weighted by molar-refractivity contribution is 0.122. The Morgan fingerprint density at radius 2 is 1.71 bits per heavy atom. The topological polar surface area (TPSA) is 91.8 Å². The lowest BCUT2D eigenvalue weighted by Gasteiger charge is -2.27. The van der Waals surface area contributed by atoms with Gasteiger partial charge in [-0.05, 0) is 25.8 Å². The molecule has 1 aliphatic rings. The van der Waals surface area contributed by atoms with Crippen LogP contribution in [0.4, 0.5) is 0 Å². The molecule has 0 spiro atoms. The minimum absolute atomic E-state index is 0.414. The van der Waals surface area contributed by atoms with Crippen molar-refractivity contribution in [1.29, 1.82) is 0 Å². The highest BCUT2D eigenvalue weighted by atomic mass is 28.4. The van der Waals surface area contributed by atoms with Crippen LogP contribution < -0.4 is 16.8 Å². The van der Waals surface area contributed by atoms with Crippen LogP contribution in [0.5, 0.6) is 0 Å². The summed E-state index contributed by atoms with van der Waals surface area (Å²) in [5, 5.41) is 3.18. The Bertz CT molecular complexity index is 225. The fraction of sp³-hybridized carbons (Fsp3) is 1.00. The van der Waals surface area contributed by atoms with Gasteiger partial charge in [0.05, 0.1) is 0 Å². The molecule has 0 aromatic carbocycles. The fourth-order valence-corrected chi connectivity index (χ4v) is 3.59. The normalized spacial score (nSPS) is 17.5. The molecule has 0 radical (unpaired) electrons. The Labute approximate surface area is 104 Å². The van der Waals surface area contributed by atoms with Crippen LogP contribution >= 0.6 is 0 Å². The van der Waals surface area contributed by atoms with Crippen LogP contribution in [0.1, 0.15) is 19.3 Å². The molecule has 0 unspecified atom stereocenters. The Balaban J connectivity index is 2.22. The molecule has 1 fully saturated rings. The van der Waals surface area contributed by atoms with Crippen LogP contribution in [0, 0.1) is 5.92 Å². The van der Waals surface area contributed by atoms with Gasteiger partial charge >= 0.3 is 8.80 Å². The molecular formula is C10H25N3O3Si. The molecule has 7 heteroatoms. The molecule has 0 bridgehead atoms. The van der Waals surface area contributed by atoms with E-state index in [0.29, 0.717) is 5.92 Å². The van der Waals surface area contributed by atoms with E-state index in [2.05, 4.69) is 5.32 Å². The summed E-state index contributed by atoms with van der Waals surface area (Å²) in [6.07, 6.45) is 3.10. The minimum Gasteiger partial charge on any atom is -0.377 e. The maximum absolute atomic E-state index is 5.95. The number of rotatable bonds is 9. The number of hydrogen-bond donors (Lipinski definition) is 3. The van der Waals surface area contributed by atoms with E-state index in [0.717, 1.165) is 31.9 Å². The van der Waals surface area contributed by atoms with Crippen molar-refractivity contribution in [3.8, 4) is 0 Å². The van der Waals surface area contributed by atoms with Gasteiger partial charge in [-0.1, -0.05) is 0 Å². The van der Waals surface area contributed by atoms with Crippen LogP contribution in [0.2, 0.25) is 6.04 Å². The van der Waals surface area contributed by atoms with Crippen molar-refractivity contribution in [3.05, 3.63) is 0 Å². The first-order chi connectivity index (χ1) is 7.99. The molecule has 5 N–H and O–H groups in total. The third kappa shape index (κ3) is 4.29. The predicted octanol–water partition coefficient (Wildman–Crippen LogP) is -0.175. The number of nitrogens with one attached hydrogen (secondary N) is 1. The summed E-state index contributed by atoms with van der Waals surface area (Å²) >= 11 is 0. The highest BCUT2D eigenvalue weighted by Crippen LogP contribution is 2.34. The summed E-state index contributed by atoms with van der Waals surface area (Å²) in [6.45, 7) is 0.744. The molecule has 0 saturated heterocycles. The third-order valence-electron chi connectivity index (χ3n) is 3.28. The standard InChI is InChI=1S/C10H25N3O3Si/c1-14-17(15-2,16-3)8-4-7-13-10(11,12)9-5-6-9/h9,13H,4-8,11-12H2,1-3H3. The summed E-state index contributed by atoms with van der Waals surface area (Å²) in [5.41, 5.74) is 11.9. The van der Waals surface area contributed by atoms with Crippen molar-refractivity contribution < 1.29 is 13.3 Å². The van der Waals surface area contributed by atoms with E-state index >= 15 is 0 Å². The van der Waals surface area contributed by atoms with Crippen LogP contribution in [0.3, 0.4) is 0 Å². The molecule has 0 heterocycles. The van der Waals surface area contributed by atoms with Gasteiger partial charge in [-0.15, -0.1) is 0 Å². The van der Waals surface area contributed by atoms with E-state index in [1.165, 1.54) is 0 Å². The van der Waals surface area contributed by atoms with Crippen LogP contribution in [0.15, 0.2) is 0 Å². The van der Waals surface area contributed by atoms with Crippen molar-refractivity contribution in [1.82, 2.24) is 5.32 Å². The van der Waals surface area contributed by atoms with Crippen molar-refractivity contribution >= 4 is 8.80 Å². The summed E-state index contributed by atoms with van der Waals surface area (Å²) in [4.78, 5) is 0. The summed E-state index contributed by atoms with van der Waals surface area (Å²) in [5.74, 6) is -0.311. The van der Waals surface area contributed by atoms with E-state index in [4.69, 9.17) is 24.7 Å². The fourth-order valence-electron chi connectivity index (χ4n) is 1.87. The summed E-state index contributed by atoms with van der Waals surface area (Å²) in [7, 11) is 2.41. The quantitative estimate of drug-likeness (QED) is 0.304. The second kappa shape index (κ2) is 6.23. The molecule has 0 aromatic rings. The number of nitrogens with two attached hydrogens (primary N) is 2. The first-order valence-electron chi connectivity index (χ1n) is 5.98. The zero-order valence-electron chi connectivity index (χ0n) is 11.0. The number of hydrogen-bond acceptors (Lipinski definition) is 6. The molecule has 17 heavy (non-hydrogen) atoms. The average Bonchev–Trinajstić information content (AvgIpc) is 3.14. The van der Waals surface area contributed by atoms with Crippen LogP contribution in [-0.4, -0.2) is 42.5 Å². The summed E-state index contributed by atoms with van der Waals surface area (Å²) < 4.78 is 16.0. The lowest BCUT2D eigenvalue weighted by atomic mass is 10.2. The minimum atomic E-state index is -2.45. The van der Waals surface area contributed by atoms with E-state index in [1.807, 2.05) is 0 Å². The maximum Gasteiger partial charge on any atom is 0.500 e. The molecule has 6 nitrogen and oxygen atoms in total. The van der Waals surface area contributed by atoms with Gasteiger partial charge < -0.3 is 24.7 Å². The molecule has 0 atom stereocenters. The SMILES string of the molecule is CO[Si](CCCNC(N)(N)C1CC1)(OC)OC. The van der Waals surface area contributed by atoms with E-state index < -0.39 is 14.6 Å². The molecule has 1 aliphatic carbocycles. The van der Waals surface area contributed by atoms with Gasteiger partial charge in [0.15, 0.2) is 0 Å². The Hall–Kier alpha value is -0.0231. The smallest absolute Gasteiger partial charge is 0.377 e. The van der Waals surface area contributed by atoms with Gasteiger partial charge in [0.1, 0.15) is 5.79 Å². The van der Waals surface area contributed by atoms with Gasteiger partial charge in [0.25, 0.3) is 0 Å². The second-order valence-electron chi connectivity index (χ2n) is 4.53. The molecule has 1 rings (SSSR count). The second-order valence-corrected chi connectivity index (χ2v) is 7.62. The first-order valence-corrected chi connectivity index (χ1v) is 7.91. The van der Waals surface area contributed by atoms with E-state index in [1.54, 1.807) is 21.3 Å². The zero-order chi connectivity index (χ0) is 12.9. The van der Waals surface area contributed by atoms with E-state index in [-0.39, 0.29) is 0 Å². The van der Waals surface area contributed by atoms with Crippen molar-refractivity contribution in [2.24, 2.45) is 17.4 Å². The molecule has 102 valence electrons. The van der Waals surface area contributed by atoms with Crippen molar-refractivity contribution in [2.45, 2.75) is 31.1 Å². The lowest BCUT2D eigenvalue weighted by Crippen LogP contribution is -2.63. The van der Waals surface area contributed by atoms with Gasteiger partial charge in [0, 0.05) is 33.3 Å². The Kier molecular flexibility index (Phi) is 5.51.